The summed E-state index contributed by atoms with van der Waals surface area (Å²) in [6.07, 6.45) is 0. The van der Waals surface area contributed by atoms with Gasteiger partial charge in [-0.3, -0.25) is 0 Å². The first kappa shape index (κ1) is 12.4. The zero-order valence-electron chi connectivity index (χ0n) is 10.3. The zero-order valence-corrected chi connectivity index (χ0v) is 10.3. The quantitative estimate of drug-likeness (QED) is 0.878. The largest absolute Gasteiger partial charge is 0.493 e. The maximum Gasteiger partial charge on any atom is 0.174 e. The van der Waals surface area contributed by atoms with Gasteiger partial charge in [-0.2, -0.15) is 0 Å². The van der Waals surface area contributed by atoms with Crippen LogP contribution in [0.2, 0.25) is 0 Å². The molecule has 0 fully saturated rings. The summed E-state index contributed by atoms with van der Waals surface area (Å²) in [4.78, 5) is 0. The van der Waals surface area contributed by atoms with E-state index in [0.717, 1.165) is 11.3 Å². The Bertz CT molecular complexity index is 521. The fourth-order valence-electron chi connectivity index (χ4n) is 1.57. The van der Waals surface area contributed by atoms with Crippen LogP contribution in [-0.4, -0.2) is 17.4 Å². The first-order valence-corrected chi connectivity index (χ1v) is 5.55. The highest BCUT2D eigenvalue weighted by atomic mass is 16.5. The fraction of sp³-hybridized carbons (Fsp3) is 0.308. The minimum atomic E-state index is -0.0399. The smallest absolute Gasteiger partial charge is 0.174 e. The highest BCUT2D eigenvalue weighted by Crippen LogP contribution is 2.28. The lowest BCUT2D eigenvalue weighted by atomic mass is 10.2. The van der Waals surface area contributed by atoms with Crippen LogP contribution in [0.5, 0.6) is 11.5 Å². The lowest BCUT2D eigenvalue weighted by Crippen LogP contribution is -1.98. The predicted molar refractivity (Wildman–Crippen MR) is 64.5 cm³/mol. The normalized spacial score (nSPS) is 10.4. The molecule has 0 aliphatic heterocycles. The molecule has 5 nitrogen and oxygen atoms in total. The molecular weight excluding hydrogens is 234 g/mol. The van der Waals surface area contributed by atoms with Crippen molar-refractivity contribution in [3.63, 3.8) is 0 Å². The maximum absolute atomic E-state index is 9.09. The highest BCUT2D eigenvalue weighted by molar-refractivity contribution is 5.42. The number of hydrogen-bond acceptors (Lipinski definition) is 5. The van der Waals surface area contributed by atoms with Crippen LogP contribution in [0.1, 0.15) is 17.0 Å². The zero-order chi connectivity index (χ0) is 13.0. The summed E-state index contributed by atoms with van der Waals surface area (Å²) in [5, 5.41) is 12.9. The molecule has 0 aliphatic carbocycles. The Morgan fingerprint density at radius 1 is 1.28 bits per heavy atom. The summed E-state index contributed by atoms with van der Waals surface area (Å²) >= 11 is 0. The van der Waals surface area contributed by atoms with Gasteiger partial charge in [0.15, 0.2) is 17.3 Å². The second-order valence-corrected chi connectivity index (χ2v) is 3.87. The van der Waals surface area contributed by atoms with E-state index in [4.69, 9.17) is 19.1 Å². The Morgan fingerprint density at radius 3 is 2.72 bits per heavy atom. The van der Waals surface area contributed by atoms with Crippen molar-refractivity contribution in [1.82, 2.24) is 5.16 Å². The Balaban J connectivity index is 2.11. The average molecular weight is 249 g/mol. The molecule has 0 saturated carbocycles. The van der Waals surface area contributed by atoms with Crippen LogP contribution in [0.3, 0.4) is 0 Å². The molecular formula is C13H15NO4. The van der Waals surface area contributed by atoms with Gasteiger partial charge in [0.1, 0.15) is 6.61 Å². The van der Waals surface area contributed by atoms with Crippen LogP contribution in [-0.2, 0) is 13.2 Å². The monoisotopic (exact) mass is 249 g/mol. The van der Waals surface area contributed by atoms with Crippen LogP contribution in [0.25, 0.3) is 0 Å². The van der Waals surface area contributed by atoms with Gasteiger partial charge in [0.05, 0.1) is 19.4 Å². The van der Waals surface area contributed by atoms with Gasteiger partial charge in [0, 0.05) is 6.07 Å². The van der Waals surface area contributed by atoms with Gasteiger partial charge in [-0.15, -0.1) is 0 Å². The lowest BCUT2D eigenvalue weighted by molar-refractivity contribution is 0.237. The van der Waals surface area contributed by atoms with Crippen molar-refractivity contribution in [1.29, 1.82) is 0 Å². The molecule has 0 saturated heterocycles. The van der Waals surface area contributed by atoms with Crippen LogP contribution in [0.4, 0.5) is 0 Å². The Hall–Kier alpha value is -2.01. The minimum absolute atomic E-state index is 0.0399. The van der Waals surface area contributed by atoms with E-state index in [9.17, 15) is 0 Å². The molecule has 18 heavy (non-hydrogen) atoms. The van der Waals surface area contributed by atoms with Crippen LogP contribution < -0.4 is 9.47 Å². The van der Waals surface area contributed by atoms with Crippen molar-refractivity contribution in [2.45, 2.75) is 20.1 Å². The minimum Gasteiger partial charge on any atom is -0.493 e. The third kappa shape index (κ3) is 2.81. The summed E-state index contributed by atoms with van der Waals surface area (Å²) in [5.41, 5.74) is 1.57. The molecule has 0 bridgehead atoms. The van der Waals surface area contributed by atoms with E-state index in [2.05, 4.69) is 5.16 Å². The van der Waals surface area contributed by atoms with Gasteiger partial charge in [-0.1, -0.05) is 11.2 Å². The number of nitrogens with zero attached hydrogens (tertiary/aromatic N) is 1. The Morgan fingerprint density at radius 2 is 2.11 bits per heavy atom. The molecule has 1 heterocycles. The second kappa shape index (κ2) is 5.55. The fourth-order valence-corrected chi connectivity index (χ4v) is 1.57. The number of aryl methyl sites for hydroxylation is 1. The molecule has 0 amide bonds. The molecule has 0 aliphatic rings. The van der Waals surface area contributed by atoms with Crippen LogP contribution >= 0.6 is 0 Å². The molecule has 1 aromatic carbocycles. The van der Waals surface area contributed by atoms with Gasteiger partial charge in [0.25, 0.3) is 0 Å². The van der Waals surface area contributed by atoms with Gasteiger partial charge >= 0.3 is 0 Å². The molecule has 0 unspecified atom stereocenters. The first-order chi connectivity index (χ1) is 8.72. The van der Waals surface area contributed by atoms with Gasteiger partial charge in [-0.25, -0.2) is 0 Å². The number of aliphatic hydroxyl groups excluding tert-OH is 1. The molecule has 2 aromatic rings. The summed E-state index contributed by atoms with van der Waals surface area (Å²) in [7, 11) is 1.57. The number of rotatable bonds is 5. The highest BCUT2D eigenvalue weighted by Gasteiger charge is 2.08. The van der Waals surface area contributed by atoms with Crippen molar-refractivity contribution < 1.29 is 19.1 Å². The SMILES string of the molecule is COc1ccc(CO)cc1OCc1cc(C)no1. The van der Waals surface area contributed by atoms with Gasteiger partial charge < -0.3 is 19.1 Å². The van der Waals surface area contributed by atoms with E-state index < -0.39 is 0 Å². The molecule has 2 rings (SSSR count). The van der Waals surface area contributed by atoms with Crippen molar-refractivity contribution >= 4 is 0 Å². The molecule has 5 heteroatoms. The van der Waals surface area contributed by atoms with E-state index in [-0.39, 0.29) is 13.2 Å². The number of aromatic nitrogens is 1. The third-order valence-corrected chi connectivity index (χ3v) is 2.46. The van der Waals surface area contributed by atoms with Crippen molar-refractivity contribution in [3.05, 3.63) is 41.3 Å². The summed E-state index contributed by atoms with van der Waals surface area (Å²) in [5.74, 6) is 1.82. The molecule has 96 valence electrons. The van der Waals surface area contributed by atoms with E-state index in [1.54, 1.807) is 25.3 Å². The number of aliphatic hydroxyl groups is 1. The molecule has 1 aromatic heterocycles. The third-order valence-electron chi connectivity index (χ3n) is 2.46. The predicted octanol–water partition coefficient (Wildman–Crippen LogP) is 2.06. The summed E-state index contributed by atoms with van der Waals surface area (Å²) in [6, 6.07) is 7.08. The standard InChI is InChI=1S/C13H15NO4/c1-9-5-11(18-14-9)8-17-13-6-10(7-15)3-4-12(13)16-2/h3-6,15H,7-8H2,1-2H3. The summed E-state index contributed by atoms with van der Waals surface area (Å²) < 4.78 is 15.8. The van der Waals surface area contributed by atoms with Crippen molar-refractivity contribution in [2.75, 3.05) is 7.11 Å². The Labute approximate surface area is 105 Å². The molecule has 0 atom stereocenters. The number of ether oxygens (including phenoxy) is 2. The average Bonchev–Trinajstić information content (AvgIpc) is 2.81. The number of hydrogen-bond donors (Lipinski definition) is 1. The maximum atomic E-state index is 9.09. The molecule has 0 spiro atoms. The van der Waals surface area contributed by atoms with Gasteiger partial charge in [-0.05, 0) is 24.6 Å². The topological polar surface area (TPSA) is 64.7 Å². The van der Waals surface area contributed by atoms with E-state index in [1.165, 1.54) is 0 Å². The first-order valence-electron chi connectivity index (χ1n) is 5.55. The van der Waals surface area contributed by atoms with E-state index in [1.807, 2.05) is 13.0 Å². The lowest BCUT2D eigenvalue weighted by Gasteiger charge is -2.10. The second-order valence-electron chi connectivity index (χ2n) is 3.87. The van der Waals surface area contributed by atoms with Gasteiger partial charge in [0.2, 0.25) is 0 Å². The number of benzene rings is 1. The summed E-state index contributed by atoms with van der Waals surface area (Å²) in [6.45, 7) is 2.08. The molecule has 0 radical (unpaired) electrons. The van der Waals surface area contributed by atoms with Crippen molar-refractivity contribution in [2.24, 2.45) is 0 Å². The Kier molecular flexibility index (Phi) is 3.84. The van der Waals surface area contributed by atoms with Crippen LogP contribution in [0, 0.1) is 6.92 Å². The molecule has 1 N–H and O–H groups in total. The van der Waals surface area contributed by atoms with Crippen LogP contribution in [0.15, 0.2) is 28.8 Å². The van der Waals surface area contributed by atoms with Crippen molar-refractivity contribution in [3.8, 4) is 11.5 Å². The number of methoxy groups -OCH3 is 1. The van der Waals surface area contributed by atoms with E-state index >= 15 is 0 Å². The van der Waals surface area contributed by atoms with E-state index in [0.29, 0.717) is 17.3 Å².